The summed E-state index contributed by atoms with van der Waals surface area (Å²) in [5.41, 5.74) is 1.28. The first-order valence-corrected chi connectivity index (χ1v) is 8.26. The van der Waals surface area contributed by atoms with Crippen LogP contribution in [0, 0.1) is 17.2 Å². The Morgan fingerprint density at radius 2 is 1.86 bits per heavy atom. The molecular formula is C18H25N3. The van der Waals surface area contributed by atoms with Gasteiger partial charge in [-0.2, -0.15) is 5.26 Å². The van der Waals surface area contributed by atoms with E-state index in [1.54, 1.807) is 0 Å². The van der Waals surface area contributed by atoms with Crippen LogP contribution in [0.25, 0.3) is 0 Å². The molecule has 1 aromatic rings. The Kier molecular flexibility index (Phi) is 4.90. The zero-order valence-electron chi connectivity index (χ0n) is 12.7. The first-order chi connectivity index (χ1) is 10.4. The van der Waals surface area contributed by atoms with Gasteiger partial charge >= 0.3 is 0 Å². The SMILES string of the molecule is N#CCC(c1ccccc1)N1CCC(NCC2CC2)CC1. The number of nitrogens with zero attached hydrogens (tertiary/aromatic N) is 2. The van der Waals surface area contributed by atoms with Crippen molar-refractivity contribution in [1.82, 2.24) is 10.2 Å². The quantitative estimate of drug-likeness (QED) is 0.872. The first-order valence-electron chi connectivity index (χ1n) is 8.26. The van der Waals surface area contributed by atoms with E-state index in [1.807, 2.05) is 6.07 Å². The van der Waals surface area contributed by atoms with E-state index in [0.717, 1.165) is 19.0 Å². The normalized spacial score (nSPS) is 21.9. The van der Waals surface area contributed by atoms with Crippen molar-refractivity contribution in [2.45, 2.75) is 44.2 Å². The van der Waals surface area contributed by atoms with Gasteiger partial charge in [-0.1, -0.05) is 30.3 Å². The highest BCUT2D eigenvalue weighted by Gasteiger charge is 2.27. The van der Waals surface area contributed by atoms with Gasteiger partial charge in [0.15, 0.2) is 0 Å². The van der Waals surface area contributed by atoms with Crippen LogP contribution in [-0.4, -0.2) is 30.6 Å². The molecular weight excluding hydrogens is 258 g/mol. The lowest BCUT2D eigenvalue weighted by molar-refractivity contribution is 0.144. The van der Waals surface area contributed by atoms with Crippen molar-refractivity contribution in [3.63, 3.8) is 0 Å². The number of benzene rings is 1. The number of rotatable bonds is 6. The third-order valence-electron chi connectivity index (χ3n) is 4.83. The molecule has 1 aromatic carbocycles. The van der Waals surface area contributed by atoms with E-state index < -0.39 is 0 Å². The molecule has 0 bridgehead atoms. The minimum Gasteiger partial charge on any atom is -0.314 e. The topological polar surface area (TPSA) is 39.1 Å². The lowest BCUT2D eigenvalue weighted by Gasteiger charge is -2.37. The molecule has 0 spiro atoms. The van der Waals surface area contributed by atoms with Gasteiger partial charge in [-0.05, 0) is 43.7 Å². The van der Waals surface area contributed by atoms with Gasteiger partial charge in [0.2, 0.25) is 0 Å². The van der Waals surface area contributed by atoms with E-state index in [9.17, 15) is 0 Å². The van der Waals surface area contributed by atoms with E-state index in [0.29, 0.717) is 12.5 Å². The predicted octanol–water partition coefficient (Wildman–Crippen LogP) is 3.11. The minimum absolute atomic E-state index is 0.264. The summed E-state index contributed by atoms with van der Waals surface area (Å²) in [6, 6.07) is 13.8. The molecule has 1 unspecified atom stereocenters. The molecule has 3 rings (SSSR count). The minimum atomic E-state index is 0.264. The fourth-order valence-electron chi connectivity index (χ4n) is 3.29. The second-order valence-corrected chi connectivity index (χ2v) is 6.45. The molecule has 0 amide bonds. The molecule has 2 fully saturated rings. The zero-order chi connectivity index (χ0) is 14.5. The standard InChI is InChI=1S/C18H25N3/c19-11-8-18(16-4-2-1-3-5-16)21-12-9-17(10-13-21)20-14-15-6-7-15/h1-5,15,17-18,20H,6-10,12-14H2. The Bertz CT molecular complexity index is 467. The van der Waals surface area contributed by atoms with Crippen LogP contribution in [0.4, 0.5) is 0 Å². The average molecular weight is 283 g/mol. The molecule has 21 heavy (non-hydrogen) atoms. The summed E-state index contributed by atoms with van der Waals surface area (Å²) in [4.78, 5) is 2.49. The molecule has 1 heterocycles. The van der Waals surface area contributed by atoms with E-state index >= 15 is 0 Å². The summed E-state index contributed by atoms with van der Waals surface area (Å²) in [6.45, 7) is 3.41. The molecule has 0 radical (unpaired) electrons. The van der Waals surface area contributed by atoms with E-state index in [2.05, 4.69) is 40.6 Å². The van der Waals surface area contributed by atoms with Gasteiger partial charge < -0.3 is 5.32 Å². The van der Waals surface area contributed by atoms with Crippen LogP contribution < -0.4 is 5.32 Å². The fraction of sp³-hybridized carbons (Fsp3) is 0.611. The molecule has 0 aromatic heterocycles. The van der Waals surface area contributed by atoms with Crippen LogP contribution in [0.1, 0.15) is 43.7 Å². The number of likely N-dealkylation sites (tertiary alicyclic amines) is 1. The van der Waals surface area contributed by atoms with E-state index in [-0.39, 0.29) is 6.04 Å². The van der Waals surface area contributed by atoms with Crippen LogP contribution >= 0.6 is 0 Å². The molecule has 2 aliphatic rings. The second kappa shape index (κ2) is 7.06. The molecule has 112 valence electrons. The molecule has 3 nitrogen and oxygen atoms in total. The summed E-state index contributed by atoms with van der Waals surface area (Å²) in [6.07, 6.45) is 5.85. The van der Waals surface area contributed by atoms with Crippen molar-refractivity contribution >= 4 is 0 Å². The Labute approximate surface area is 128 Å². The lowest BCUT2D eigenvalue weighted by Crippen LogP contribution is -2.44. The van der Waals surface area contributed by atoms with Crippen molar-refractivity contribution in [1.29, 1.82) is 5.26 Å². The van der Waals surface area contributed by atoms with Gasteiger partial charge in [-0.25, -0.2) is 0 Å². The predicted molar refractivity (Wildman–Crippen MR) is 84.7 cm³/mol. The van der Waals surface area contributed by atoms with Gasteiger partial charge in [0.05, 0.1) is 12.5 Å². The number of hydrogen-bond acceptors (Lipinski definition) is 3. The smallest absolute Gasteiger partial charge is 0.0641 e. The Balaban J connectivity index is 1.54. The Morgan fingerprint density at radius 3 is 2.48 bits per heavy atom. The number of nitriles is 1. The van der Waals surface area contributed by atoms with Crippen LogP contribution in [0.5, 0.6) is 0 Å². The van der Waals surface area contributed by atoms with Crippen LogP contribution in [0.15, 0.2) is 30.3 Å². The largest absolute Gasteiger partial charge is 0.314 e. The molecule has 1 aliphatic carbocycles. The molecule has 3 heteroatoms. The maximum Gasteiger partial charge on any atom is 0.0641 e. The van der Waals surface area contributed by atoms with Crippen molar-refractivity contribution in [2.24, 2.45) is 5.92 Å². The van der Waals surface area contributed by atoms with Crippen molar-refractivity contribution in [2.75, 3.05) is 19.6 Å². The van der Waals surface area contributed by atoms with Gasteiger partial charge in [0.25, 0.3) is 0 Å². The summed E-state index contributed by atoms with van der Waals surface area (Å²) in [5.74, 6) is 0.957. The molecule has 1 N–H and O–H groups in total. The van der Waals surface area contributed by atoms with Crippen LogP contribution in [0.2, 0.25) is 0 Å². The molecule has 1 saturated heterocycles. The van der Waals surface area contributed by atoms with Crippen molar-refractivity contribution in [3.8, 4) is 6.07 Å². The summed E-state index contributed by atoms with van der Waals surface area (Å²) in [7, 11) is 0. The zero-order valence-corrected chi connectivity index (χ0v) is 12.7. The summed E-state index contributed by atoms with van der Waals surface area (Å²) >= 11 is 0. The Hall–Kier alpha value is -1.37. The maximum atomic E-state index is 9.14. The van der Waals surface area contributed by atoms with Gasteiger partial charge in [-0.3, -0.25) is 4.90 Å². The number of piperidine rings is 1. The maximum absolute atomic E-state index is 9.14. The third kappa shape index (κ3) is 4.06. The monoisotopic (exact) mass is 283 g/mol. The highest BCUT2D eigenvalue weighted by molar-refractivity contribution is 5.20. The Morgan fingerprint density at radius 1 is 1.14 bits per heavy atom. The van der Waals surface area contributed by atoms with Gasteiger partial charge in [0.1, 0.15) is 0 Å². The molecule has 1 atom stereocenters. The van der Waals surface area contributed by atoms with Crippen molar-refractivity contribution < 1.29 is 0 Å². The summed E-state index contributed by atoms with van der Waals surface area (Å²) in [5, 5.41) is 12.9. The van der Waals surface area contributed by atoms with Crippen molar-refractivity contribution in [3.05, 3.63) is 35.9 Å². The van der Waals surface area contributed by atoms with Gasteiger partial charge in [-0.15, -0.1) is 0 Å². The first kappa shape index (κ1) is 14.6. The van der Waals surface area contributed by atoms with Crippen LogP contribution in [-0.2, 0) is 0 Å². The number of hydrogen-bond donors (Lipinski definition) is 1. The third-order valence-corrected chi connectivity index (χ3v) is 4.83. The van der Waals surface area contributed by atoms with Crippen LogP contribution in [0.3, 0.4) is 0 Å². The second-order valence-electron chi connectivity index (χ2n) is 6.45. The van der Waals surface area contributed by atoms with Gasteiger partial charge in [0, 0.05) is 25.2 Å². The molecule has 1 aliphatic heterocycles. The molecule has 1 saturated carbocycles. The van der Waals surface area contributed by atoms with E-state index in [4.69, 9.17) is 5.26 Å². The highest BCUT2D eigenvalue weighted by atomic mass is 15.2. The summed E-state index contributed by atoms with van der Waals surface area (Å²) < 4.78 is 0. The highest BCUT2D eigenvalue weighted by Crippen LogP contribution is 2.29. The average Bonchev–Trinajstić information content (AvgIpc) is 3.36. The van der Waals surface area contributed by atoms with E-state index in [1.165, 1.54) is 37.8 Å². The fourth-order valence-corrected chi connectivity index (χ4v) is 3.29. The number of nitrogens with one attached hydrogen (secondary N) is 1. The lowest BCUT2D eigenvalue weighted by atomic mass is 9.97.